The Morgan fingerprint density at radius 1 is 0.821 bits per heavy atom. The highest BCUT2D eigenvalue weighted by Gasteiger charge is 2.07. The number of hydrazone groups is 1. The molecule has 3 rings (SSSR count). The third-order valence-electron chi connectivity index (χ3n) is 3.99. The normalized spacial score (nSPS) is 10.6. The van der Waals surface area contributed by atoms with Gasteiger partial charge in [0.25, 0.3) is 11.8 Å². The number of phenolic OH excluding ortho intramolecular Hbond substituents is 1. The second-order valence-electron chi connectivity index (χ2n) is 6.19. The fraction of sp³-hybridized carbons (Fsp3) is 0.0455. The number of anilines is 1. The van der Waals surface area contributed by atoms with E-state index in [0.717, 1.165) is 11.1 Å². The molecule has 0 saturated carbocycles. The van der Waals surface area contributed by atoms with Gasteiger partial charge in [-0.2, -0.15) is 5.10 Å². The number of rotatable bonds is 5. The maximum atomic E-state index is 12.2. The summed E-state index contributed by atoms with van der Waals surface area (Å²) < 4.78 is 0. The second kappa shape index (κ2) is 8.64. The summed E-state index contributed by atoms with van der Waals surface area (Å²) in [5.74, 6) is -0.419. The SMILES string of the molecule is Cc1ccc(C(=O)Nc2ccc(C(=O)NN=Cc3ccc(O)cc3)cc2)cc1. The van der Waals surface area contributed by atoms with Gasteiger partial charge in [-0.3, -0.25) is 9.59 Å². The van der Waals surface area contributed by atoms with Crippen LogP contribution in [0.3, 0.4) is 0 Å². The number of carbonyl (C=O) groups is 2. The maximum absolute atomic E-state index is 12.2. The van der Waals surface area contributed by atoms with E-state index in [1.165, 1.54) is 18.3 Å². The van der Waals surface area contributed by atoms with Crippen LogP contribution < -0.4 is 10.7 Å². The molecule has 3 aromatic rings. The van der Waals surface area contributed by atoms with E-state index in [0.29, 0.717) is 16.8 Å². The number of hydrogen-bond acceptors (Lipinski definition) is 4. The minimum absolute atomic E-state index is 0.163. The lowest BCUT2D eigenvalue weighted by Crippen LogP contribution is -2.17. The van der Waals surface area contributed by atoms with Crippen molar-refractivity contribution >= 4 is 23.7 Å². The first-order chi connectivity index (χ1) is 13.5. The van der Waals surface area contributed by atoms with Crippen LogP contribution in [0.4, 0.5) is 5.69 Å². The largest absolute Gasteiger partial charge is 0.508 e. The van der Waals surface area contributed by atoms with Gasteiger partial charge in [-0.05, 0) is 73.2 Å². The predicted octanol–water partition coefficient (Wildman–Crippen LogP) is 3.72. The number of aryl methyl sites for hydroxylation is 1. The summed E-state index contributed by atoms with van der Waals surface area (Å²) in [6, 6.07) is 20.2. The van der Waals surface area contributed by atoms with Crippen molar-refractivity contribution in [2.45, 2.75) is 6.92 Å². The molecule has 0 fully saturated rings. The highest BCUT2D eigenvalue weighted by atomic mass is 16.3. The van der Waals surface area contributed by atoms with Crippen LogP contribution in [0.2, 0.25) is 0 Å². The van der Waals surface area contributed by atoms with Crippen molar-refractivity contribution < 1.29 is 14.7 Å². The van der Waals surface area contributed by atoms with Gasteiger partial charge in [0.2, 0.25) is 0 Å². The van der Waals surface area contributed by atoms with E-state index in [4.69, 9.17) is 0 Å². The molecule has 3 N–H and O–H groups in total. The lowest BCUT2D eigenvalue weighted by Gasteiger charge is -2.06. The van der Waals surface area contributed by atoms with E-state index in [1.807, 2.05) is 19.1 Å². The van der Waals surface area contributed by atoms with Crippen molar-refractivity contribution in [3.05, 3.63) is 95.1 Å². The molecule has 140 valence electrons. The van der Waals surface area contributed by atoms with Gasteiger partial charge in [0.15, 0.2) is 0 Å². The smallest absolute Gasteiger partial charge is 0.271 e. The Bertz CT molecular complexity index is 993. The fourth-order valence-electron chi connectivity index (χ4n) is 2.40. The van der Waals surface area contributed by atoms with Crippen molar-refractivity contribution in [1.29, 1.82) is 0 Å². The third-order valence-corrected chi connectivity index (χ3v) is 3.99. The van der Waals surface area contributed by atoms with Gasteiger partial charge in [0.05, 0.1) is 6.21 Å². The third kappa shape index (κ3) is 5.04. The maximum Gasteiger partial charge on any atom is 0.271 e. The molecule has 28 heavy (non-hydrogen) atoms. The van der Waals surface area contributed by atoms with Crippen molar-refractivity contribution in [3.8, 4) is 5.75 Å². The quantitative estimate of drug-likeness (QED) is 0.470. The molecule has 0 aliphatic rings. The number of nitrogens with zero attached hydrogens (tertiary/aromatic N) is 1. The van der Waals surface area contributed by atoms with Crippen LogP contribution >= 0.6 is 0 Å². The topological polar surface area (TPSA) is 90.8 Å². The molecule has 0 aliphatic heterocycles. The van der Waals surface area contributed by atoms with Gasteiger partial charge >= 0.3 is 0 Å². The van der Waals surface area contributed by atoms with Crippen molar-refractivity contribution in [2.24, 2.45) is 5.10 Å². The Kier molecular flexibility index (Phi) is 5.81. The van der Waals surface area contributed by atoms with Gasteiger partial charge < -0.3 is 10.4 Å². The Morgan fingerprint density at radius 2 is 1.39 bits per heavy atom. The average Bonchev–Trinajstić information content (AvgIpc) is 2.70. The Balaban J connectivity index is 1.57. The molecule has 6 heteroatoms. The molecule has 0 aliphatic carbocycles. The summed E-state index contributed by atoms with van der Waals surface area (Å²) in [6.45, 7) is 1.96. The van der Waals surface area contributed by atoms with Crippen molar-refractivity contribution in [2.75, 3.05) is 5.32 Å². The average molecular weight is 373 g/mol. The van der Waals surface area contributed by atoms with Gasteiger partial charge in [-0.25, -0.2) is 5.43 Å². The molecule has 3 aromatic carbocycles. The number of amides is 2. The zero-order valence-electron chi connectivity index (χ0n) is 15.2. The standard InChI is InChI=1S/C22H19N3O3/c1-15-2-6-17(7-3-15)21(27)24-19-10-8-18(9-11-19)22(28)25-23-14-16-4-12-20(26)13-5-16/h2-14,26H,1H3,(H,24,27)(H,25,28). The van der Waals surface area contributed by atoms with Gasteiger partial charge in [-0.1, -0.05) is 17.7 Å². The van der Waals surface area contributed by atoms with Crippen LogP contribution in [0.25, 0.3) is 0 Å². The molecule has 0 atom stereocenters. The van der Waals surface area contributed by atoms with E-state index in [9.17, 15) is 14.7 Å². The molecule has 0 radical (unpaired) electrons. The number of hydrogen-bond donors (Lipinski definition) is 3. The lowest BCUT2D eigenvalue weighted by molar-refractivity contribution is 0.0954. The minimum Gasteiger partial charge on any atom is -0.508 e. The van der Waals surface area contributed by atoms with E-state index < -0.39 is 0 Å². The Hall–Kier alpha value is -3.93. The molecular formula is C22H19N3O3. The summed E-state index contributed by atoms with van der Waals surface area (Å²) in [4.78, 5) is 24.3. The van der Waals surface area contributed by atoms with Gasteiger partial charge in [0.1, 0.15) is 5.75 Å². The Labute approximate surface area is 162 Å². The zero-order chi connectivity index (χ0) is 19.9. The Morgan fingerprint density at radius 3 is 2.04 bits per heavy atom. The highest BCUT2D eigenvalue weighted by molar-refractivity contribution is 6.04. The first-order valence-corrected chi connectivity index (χ1v) is 8.62. The summed E-state index contributed by atoms with van der Waals surface area (Å²) in [5, 5.41) is 15.9. The molecule has 2 amide bonds. The van der Waals surface area contributed by atoms with Crippen molar-refractivity contribution in [3.63, 3.8) is 0 Å². The van der Waals surface area contributed by atoms with Crippen LogP contribution in [0, 0.1) is 6.92 Å². The molecule has 0 saturated heterocycles. The monoisotopic (exact) mass is 373 g/mol. The summed E-state index contributed by atoms with van der Waals surface area (Å²) in [6.07, 6.45) is 1.48. The number of phenols is 1. The first-order valence-electron chi connectivity index (χ1n) is 8.62. The molecule has 6 nitrogen and oxygen atoms in total. The molecule has 0 bridgehead atoms. The van der Waals surface area contributed by atoms with Crippen LogP contribution in [0.15, 0.2) is 77.9 Å². The molecule has 0 aromatic heterocycles. The summed E-state index contributed by atoms with van der Waals surface area (Å²) in [5.41, 5.74) is 5.83. The number of nitrogens with one attached hydrogen (secondary N) is 2. The second-order valence-corrected chi connectivity index (χ2v) is 6.19. The van der Waals surface area contributed by atoms with Crippen LogP contribution in [-0.4, -0.2) is 23.1 Å². The molecule has 0 spiro atoms. The zero-order valence-corrected chi connectivity index (χ0v) is 15.2. The fourth-order valence-corrected chi connectivity index (χ4v) is 2.40. The summed E-state index contributed by atoms with van der Waals surface area (Å²) >= 11 is 0. The summed E-state index contributed by atoms with van der Waals surface area (Å²) in [7, 11) is 0. The number of benzene rings is 3. The molecular weight excluding hydrogens is 354 g/mol. The van der Waals surface area contributed by atoms with Gasteiger partial charge in [0, 0.05) is 16.8 Å². The predicted molar refractivity (Wildman–Crippen MR) is 109 cm³/mol. The molecule has 0 unspecified atom stereocenters. The van der Waals surface area contributed by atoms with E-state index >= 15 is 0 Å². The lowest BCUT2D eigenvalue weighted by atomic mass is 10.1. The van der Waals surface area contributed by atoms with Crippen LogP contribution in [0.1, 0.15) is 31.8 Å². The number of aromatic hydroxyl groups is 1. The highest BCUT2D eigenvalue weighted by Crippen LogP contribution is 2.12. The minimum atomic E-state index is -0.369. The van der Waals surface area contributed by atoms with Crippen molar-refractivity contribution in [1.82, 2.24) is 5.43 Å². The van der Waals surface area contributed by atoms with E-state index in [-0.39, 0.29) is 17.6 Å². The van der Waals surface area contributed by atoms with E-state index in [2.05, 4.69) is 15.8 Å². The van der Waals surface area contributed by atoms with E-state index in [1.54, 1.807) is 48.5 Å². The first kappa shape index (κ1) is 18.8. The van der Waals surface area contributed by atoms with Gasteiger partial charge in [-0.15, -0.1) is 0 Å². The number of carbonyl (C=O) groups excluding carboxylic acids is 2. The van der Waals surface area contributed by atoms with Crippen LogP contribution in [0.5, 0.6) is 5.75 Å². The van der Waals surface area contributed by atoms with Crippen LogP contribution in [-0.2, 0) is 0 Å². The molecule has 0 heterocycles.